The molecule has 0 aliphatic rings. The van der Waals surface area contributed by atoms with Crippen LogP contribution in [0.25, 0.3) is 10.8 Å². The lowest BCUT2D eigenvalue weighted by atomic mass is 9.97. The number of aromatic nitrogens is 4. The molecule has 0 fully saturated rings. The summed E-state index contributed by atoms with van der Waals surface area (Å²) in [6.45, 7) is 0.0863. The number of amides is 1. The molecule has 0 spiro atoms. The number of aromatic carboxylic acids is 1. The summed E-state index contributed by atoms with van der Waals surface area (Å²) < 4.78 is 1.35. The number of benzene rings is 3. The van der Waals surface area contributed by atoms with Gasteiger partial charge in [0.25, 0.3) is 5.91 Å². The van der Waals surface area contributed by atoms with Gasteiger partial charge < -0.3 is 20.6 Å². The number of tetrazole rings is 1. The molecule has 3 aromatic carbocycles. The highest BCUT2D eigenvalue weighted by molar-refractivity contribution is 6.00. The lowest BCUT2D eigenvalue weighted by Crippen LogP contribution is -2.26. The van der Waals surface area contributed by atoms with Gasteiger partial charge in [-0.25, -0.2) is 9.48 Å². The van der Waals surface area contributed by atoms with Crippen LogP contribution in [-0.4, -0.2) is 47.4 Å². The SMILES string of the molecule is O=C(O)c1ccc(Cc2c(O)cc3ccc(C(=O)NCn4cnnn4)cc3c2O)cc1. The molecule has 10 heteroatoms. The number of rotatable bonds is 6. The molecule has 4 N–H and O–H groups in total. The number of carboxylic acids is 1. The van der Waals surface area contributed by atoms with Crippen molar-refractivity contribution < 1.29 is 24.9 Å². The topological polar surface area (TPSA) is 150 Å². The van der Waals surface area contributed by atoms with Gasteiger partial charge in [0.2, 0.25) is 0 Å². The second-order valence-electron chi connectivity index (χ2n) is 6.85. The van der Waals surface area contributed by atoms with E-state index in [1.54, 1.807) is 24.3 Å². The van der Waals surface area contributed by atoms with Gasteiger partial charge in [0, 0.05) is 22.9 Å². The minimum Gasteiger partial charge on any atom is -0.507 e. The van der Waals surface area contributed by atoms with Crippen molar-refractivity contribution in [3.63, 3.8) is 0 Å². The second-order valence-corrected chi connectivity index (χ2v) is 6.85. The first kappa shape index (κ1) is 19.8. The molecule has 10 nitrogen and oxygen atoms in total. The van der Waals surface area contributed by atoms with Crippen molar-refractivity contribution in [1.82, 2.24) is 25.5 Å². The third kappa shape index (κ3) is 4.13. The Bertz CT molecular complexity index is 1270. The van der Waals surface area contributed by atoms with E-state index in [9.17, 15) is 19.8 Å². The number of hydrogen-bond donors (Lipinski definition) is 4. The van der Waals surface area contributed by atoms with E-state index < -0.39 is 5.97 Å². The van der Waals surface area contributed by atoms with Crippen LogP contribution in [0, 0.1) is 0 Å². The zero-order chi connectivity index (χ0) is 22.0. The van der Waals surface area contributed by atoms with Crippen LogP contribution in [0.15, 0.2) is 54.9 Å². The standard InChI is InChI=1S/C21H17N5O5/c27-18-9-14-5-6-15(20(29)22-10-26-11-23-24-25-26)8-16(14)19(28)17(18)7-12-1-3-13(4-2-12)21(30)31/h1-6,8-9,11,27-28H,7,10H2,(H,22,29)(H,30,31). The Morgan fingerprint density at radius 2 is 1.74 bits per heavy atom. The third-order valence-electron chi connectivity index (χ3n) is 4.83. The maximum Gasteiger partial charge on any atom is 0.335 e. The van der Waals surface area contributed by atoms with Crippen molar-refractivity contribution in [3.8, 4) is 11.5 Å². The normalized spacial score (nSPS) is 10.8. The Kier molecular flexibility index (Phi) is 5.19. The number of carboxylic acid groups (broad SMARTS) is 1. The van der Waals surface area contributed by atoms with Gasteiger partial charge in [-0.15, -0.1) is 5.10 Å². The van der Waals surface area contributed by atoms with Crippen molar-refractivity contribution in [1.29, 1.82) is 0 Å². The number of fused-ring (bicyclic) bond motifs is 1. The molecule has 1 aromatic heterocycles. The van der Waals surface area contributed by atoms with Crippen LogP contribution in [-0.2, 0) is 13.1 Å². The van der Waals surface area contributed by atoms with Crippen molar-refractivity contribution in [3.05, 3.63) is 77.1 Å². The highest BCUT2D eigenvalue weighted by Gasteiger charge is 2.16. The van der Waals surface area contributed by atoms with Gasteiger partial charge in [-0.2, -0.15) is 0 Å². The molecule has 1 amide bonds. The van der Waals surface area contributed by atoms with E-state index in [-0.39, 0.29) is 41.6 Å². The number of carbonyl (C=O) groups is 2. The van der Waals surface area contributed by atoms with E-state index in [0.717, 1.165) is 0 Å². The monoisotopic (exact) mass is 419 g/mol. The first-order valence-electron chi connectivity index (χ1n) is 9.21. The fourth-order valence-corrected chi connectivity index (χ4v) is 3.20. The maximum absolute atomic E-state index is 12.5. The molecule has 0 saturated carbocycles. The maximum atomic E-state index is 12.5. The first-order chi connectivity index (χ1) is 14.9. The number of nitrogens with zero attached hydrogens (tertiary/aromatic N) is 4. The highest BCUT2D eigenvalue weighted by atomic mass is 16.4. The van der Waals surface area contributed by atoms with Gasteiger partial charge in [0.15, 0.2) is 0 Å². The van der Waals surface area contributed by atoms with E-state index in [2.05, 4.69) is 20.8 Å². The zero-order valence-electron chi connectivity index (χ0n) is 16.1. The lowest BCUT2D eigenvalue weighted by Gasteiger charge is -2.12. The molecule has 4 rings (SSSR count). The fourth-order valence-electron chi connectivity index (χ4n) is 3.20. The minimum absolute atomic E-state index is 0.0863. The predicted octanol–water partition coefficient (Wildman–Crippen LogP) is 1.91. The summed E-state index contributed by atoms with van der Waals surface area (Å²) in [5.41, 5.74) is 1.46. The number of aromatic hydroxyl groups is 2. The van der Waals surface area contributed by atoms with Crippen molar-refractivity contribution >= 4 is 22.6 Å². The average molecular weight is 419 g/mol. The van der Waals surface area contributed by atoms with Crippen LogP contribution in [0.2, 0.25) is 0 Å². The Balaban J connectivity index is 1.62. The number of hydrogen-bond acceptors (Lipinski definition) is 7. The predicted molar refractivity (Wildman–Crippen MR) is 109 cm³/mol. The summed E-state index contributed by atoms with van der Waals surface area (Å²) in [7, 11) is 0. The van der Waals surface area contributed by atoms with Crippen molar-refractivity contribution in [2.45, 2.75) is 13.1 Å². The van der Waals surface area contributed by atoms with Gasteiger partial charge in [-0.1, -0.05) is 18.2 Å². The number of phenols is 2. The van der Waals surface area contributed by atoms with Gasteiger partial charge >= 0.3 is 5.97 Å². The van der Waals surface area contributed by atoms with E-state index in [4.69, 9.17) is 5.11 Å². The molecule has 0 unspecified atom stereocenters. The highest BCUT2D eigenvalue weighted by Crippen LogP contribution is 2.37. The molecule has 31 heavy (non-hydrogen) atoms. The summed E-state index contributed by atoms with van der Waals surface area (Å²) in [5.74, 6) is -1.65. The Labute approximate surface area is 175 Å². The molecule has 156 valence electrons. The van der Waals surface area contributed by atoms with E-state index >= 15 is 0 Å². The second kappa shape index (κ2) is 8.11. The molecular formula is C21H17N5O5. The van der Waals surface area contributed by atoms with Crippen molar-refractivity contribution in [2.24, 2.45) is 0 Å². The Morgan fingerprint density at radius 1 is 1.00 bits per heavy atom. The quantitative estimate of drug-likeness (QED) is 0.370. The number of phenolic OH excluding ortho intramolecular Hbond substituents is 2. The summed E-state index contributed by atoms with van der Waals surface area (Å²) >= 11 is 0. The minimum atomic E-state index is -1.03. The molecule has 0 saturated heterocycles. The molecule has 0 aliphatic heterocycles. The zero-order valence-corrected chi connectivity index (χ0v) is 16.1. The van der Waals surface area contributed by atoms with Gasteiger partial charge in [0.05, 0.1) is 5.56 Å². The lowest BCUT2D eigenvalue weighted by molar-refractivity contribution is 0.0696. The number of nitrogens with one attached hydrogen (secondary N) is 1. The van der Waals surface area contributed by atoms with E-state index in [1.165, 1.54) is 35.3 Å². The summed E-state index contributed by atoms with van der Waals surface area (Å²) in [6.07, 6.45) is 1.55. The van der Waals surface area contributed by atoms with Crippen LogP contribution >= 0.6 is 0 Å². The molecule has 1 heterocycles. The van der Waals surface area contributed by atoms with Gasteiger partial charge in [-0.05, 0) is 51.7 Å². The fraction of sp³-hybridized carbons (Fsp3) is 0.0952. The van der Waals surface area contributed by atoms with Crippen molar-refractivity contribution in [2.75, 3.05) is 0 Å². The summed E-state index contributed by atoms with van der Waals surface area (Å²) in [4.78, 5) is 23.5. The molecule has 0 radical (unpaired) electrons. The van der Waals surface area contributed by atoms with Gasteiger partial charge in [-0.3, -0.25) is 4.79 Å². The molecule has 4 aromatic rings. The van der Waals surface area contributed by atoms with Crippen LogP contribution in [0.1, 0.15) is 31.8 Å². The van der Waals surface area contributed by atoms with Crippen LogP contribution in [0.3, 0.4) is 0 Å². The van der Waals surface area contributed by atoms with Crippen LogP contribution < -0.4 is 5.32 Å². The van der Waals surface area contributed by atoms with E-state index in [1.807, 2.05) is 0 Å². The summed E-state index contributed by atoms with van der Waals surface area (Å²) in [5, 5.41) is 44.5. The smallest absolute Gasteiger partial charge is 0.335 e. The van der Waals surface area contributed by atoms with Crippen LogP contribution in [0.4, 0.5) is 0 Å². The Hall–Kier alpha value is -4.47. The van der Waals surface area contributed by atoms with Gasteiger partial charge in [0.1, 0.15) is 24.5 Å². The molecular weight excluding hydrogens is 402 g/mol. The molecule has 0 bridgehead atoms. The largest absolute Gasteiger partial charge is 0.507 e. The van der Waals surface area contributed by atoms with E-state index in [0.29, 0.717) is 21.9 Å². The Morgan fingerprint density at radius 3 is 2.42 bits per heavy atom. The van der Waals surface area contributed by atoms with Crippen LogP contribution in [0.5, 0.6) is 11.5 Å². The molecule has 0 atom stereocenters. The number of carbonyl (C=O) groups excluding carboxylic acids is 1. The third-order valence-corrected chi connectivity index (χ3v) is 4.83. The average Bonchev–Trinajstić information content (AvgIpc) is 3.29. The first-order valence-corrected chi connectivity index (χ1v) is 9.21. The summed E-state index contributed by atoms with van der Waals surface area (Å²) in [6, 6.07) is 12.4. The molecule has 0 aliphatic carbocycles.